The van der Waals surface area contributed by atoms with Gasteiger partial charge in [-0.3, -0.25) is 10.1 Å². The third kappa shape index (κ3) is 2.88. The summed E-state index contributed by atoms with van der Waals surface area (Å²) in [6.07, 6.45) is 2.58. The third-order valence-corrected chi connectivity index (χ3v) is 2.79. The number of aromatic amines is 1. The fourth-order valence-electron chi connectivity index (χ4n) is 1.15. The molecule has 0 aliphatic rings. The maximum absolute atomic E-state index is 11.4. The summed E-state index contributed by atoms with van der Waals surface area (Å²) in [6.45, 7) is 0. The molecule has 0 fully saturated rings. The number of nitrogens with zero attached hydrogens (tertiary/aromatic N) is 2. The van der Waals surface area contributed by atoms with E-state index < -0.39 is 0 Å². The molecule has 1 amide bonds. The van der Waals surface area contributed by atoms with Crippen LogP contribution in [-0.2, 0) is 11.2 Å². The van der Waals surface area contributed by atoms with Gasteiger partial charge in [-0.2, -0.15) is 10.1 Å². The molecule has 0 atom stereocenters. The normalized spacial score (nSPS) is 10.1. The molecule has 0 bridgehead atoms. The van der Waals surface area contributed by atoms with Crippen LogP contribution in [0.5, 0.6) is 0 Å². The standard InChI is InChI=1S/C9H10N4OS/c14-8(12-9-10-6-11-13-9)4-3-7-2-1-5-15-7/h1-2,5-6H,3-4H2,(H2,10,11,12,13,14). The summed E-state index contributed by atoms with van der Waals surface area (Å²) >= 11 is 1.66. The Morgan fingerprint density at radius 2 is 2.53 bits per heavy atom. The van der Waals surface area contributed by atoms with Crippen LogP contribution in [0, 0.1) is 0 Å². The quantitative estimate of drug-likeness (QED) is 0.822. The van der Waals surface area contributed by atoms with E-state index in [1.165, 1.54) is 11.2 Å². The van der Waals surface area contributed by atoms with Crippen LogP contribution in [0.3, 0.4) is 0 Å². The van der Waals surface area contributed by atoms with Crippen molar-refractivity contribution in [2.24, 2.45) is 0 Å². The molecule has 2 aromatic heterocycles. The number of rotatable bonds is 4. The van der Waals surface area contributed by atoms with E-state index in [-0.39, 0.29) is 5.91 Å². The Labute approximate surface area is 90.6 Å². The number of H-pyrrole nitrogens is 1. The molecule has 5 nitrogen and oxygen atoms in total. The van der Waals surface area contributed by atoms with Crippen LogP contribution >= 0.6 is 11.3 Å². The lowest BCUT2D eigenvalue weighted by Crippen LogP contribution is -2.13. The fourth-order valence-corrected chi connectivity index (χ4v) is 1.86. The molecule has 2 rings (SSSR count). The maximum atomic E-state index is 11.4. The van der Waals surface area contributed by atoms with Gasteiger partial charge < -0.3 is 0 Å². The maximum Gasteiger partial charge on any atom is 0.227 e. The van der Waals surface area contributed by atoms with E-state index in [4.69, 9.17) is 0 Å². The van der Waals surface area contributed by atoms with E-state index in [0.29, 0.717) is 12.4 Å². The van der Waals surface area contributed by atoms with Crippen molar-refractivity contribution >= 4 is 23.2 Å². The number of aryl methyl sites for hydroxylation is 1. The Morgan fingerprint density at radius 3 is 3.20 bits per heavy atom. The van der Waals surface area contributed by atoms with Crippen LogP contribution in [0.2, 0.25) is 0 Å². The number of anilines is 1. The Balaban J connectivity index is 1.78. The molecule has 0 saturated carbocycles. The van der Waals surface area contributed by atoms with E-state index >= 15 is 0 Å². The minimum atomic E-state index is -0.0554. The molecular formula is C9H10N4OS. The van der Waals surface area contributed by atoms with E-state index in [0.717, 1.165) is 6.42 Å². The van der Waals surface area contributed by atoms with E-state index in [2.05, 4.69) is 20.5 Å². The second kappa shape index (κ2) is 4.70. The van der Waals surface area contributed by atoms with Crippen molar-refractivity contribution in [1.82, 2.24) is 15.2 Å². The lowest BCUT2D eigenvalue weighted by molar-refractivity contribution is -0.116. The molecule has 78 valence electrons. The molecule has 0 radical (unpaired) electrons. The molecular weight excluding hydrogens is 212 g/mol. The predicted octanol–water partition coefficient (Wildman–Crippen LogP) is 1.44. The summed E-state index contributed by atoms with van der Waals surface area (Å²) in [5.41, 5.74) is 0. The van der Waals surface area contributed by atoms with Crippen LogP contribution in [0.15, 0.2) is 23.8 Å². The van der Waals surface area contributed by atoms with Gasteiger partial charge in [-0.05, 0) is 17.9 Å². The van der Waals surface area contributed by atoms with Crippen molar-refractivity contribution in [1.29, 1.82) is 0 Å². The zero-order chi connectivity index (χ0) is 10.5. The third-order valence-electron chi connectivity index (χ3n) is 1.85. The highest BCUT2D eigenvalue weighted by molar-refractivity contribution is 7.09. The van der Waals surface area contributed by atoms with Gasteiger partial charge in [-0.15, -0.1) is 11.3 Å². The number of amides is 1. The van der Waals surface area contributed by atoms with Gasteiger partial charge in [0, 0.05) is 11.3 Å². The monoisotopic (exact) mass is 222 g/mol. The number of aromatic nitrogens is 3. The SMILES string of the molecule is O=C(CCc1cccs1)Nc1ncn[nH]1. The highest BCUT2D eigenvalue weighted by Gasteiger charge is 2.04. The predicted molar refractivity (Wildman–Crippen MR) is 57.7 cm³/mol. The first kappa shape index (κ1) is 9.85. The van der Waals surface area contributed by atoms with Gasteiger partial charge in [0.25, 0.3) is 0 Å². The van der Waals surface area contributed by atoms with E-state index in [1.807, 2.05) is 17.5 Å². The second-order valence-corrected chi connectivity index (χ2v) is 3.99. The molecule has 0 spiro atoms. The number of carbonyl (C=O) groups excluding carboxylic acids is 1. The molecule has 2 aromatic rings. The molecule has 0 aliphatic carbocycles. The number of hydrogen-bond donors (Lipinski definition) is 2. The Hall–Kier alpha value is -1.69. The van der Waals surface area contributed by atoms with Crippen molar-refractivity contribution in [2.75, 3.05) is 5.32 Å². The highest BCUT2D eigenvalue weighted by atomic mass is 32.1. The second-order valence-electron chi connectivity index (χ2n) is 2.96. The van der Waals surface area contributed by atoms with Crippen LogP contribution in [0.4, 0.5) is 5.95 Å². The van der Waals surface area contributed by atoms with E-state index in [1.54, 1.807) is 11.3 Å². The Kier molecular flexibility index (Phi) is 3.08. The van der Waals surface area contributed by atoms with Gasteiger partial charge in [0.05, 0.1) is 0 Å². The summed E-state index contributed by atoms with van der Waals surface area (Å²) in [5, 5.41) is 10.8. The molecule has 6 heteroatoms. The molecule has 2 heterocycles. The lowest BCUT2D eigenvalue weighted by Gasteiger charge is -1.99. The smallest absolute Gasteiger partial charge is 0.227 e. The van der Waals surface area contributed by atoms with Gasteiger partial charge >= 0.3 is 0 Å². The summed E-state index contributed by atoms with van der Waals surface area (Å²) in [6, 6.07) is 4.00. The zero-order valence-electron chi connectivity index (χ0n) is 7.93. The summed E-state index contributed by atoms with van der Waals surface area (Å²) in [7, 11) is 0. The minimum Gasteiger partial charge on any atom is -0.295 e. The van der Waals surface area contributed by atoms with Crippen molar-refractivity contribution in [3.8, 4) is 0 Å². The average molecular weight is 222 g/mol. The van der Waals surface area contributed by atoms with Crippen LogP contribution in [-0.4, -0.2) is 21.1 Å². The Bertz CT molecular complexity index is 409. The van der Waals surface area contributed by atoms with Crippen LogP contribution < -0.4 is 5.32 Å². The summed E-state index contributed by atoms with van der Waals surface area (Å²) < 4.78 is 0. The van der Waals surface area contributed by atoms with Crippen molar-refractivity contribution < 1.29 is 4.79 Å². The van der Waals surface area contributed by atoms with Gasteiger partial charge in [0.2, 0.25) is 11.9 Å². The molecule has 0 aliphatic heterocycles. The van der Waals surface area contributed by atoms with Gasteiger partial charge in [0.1, 0.15) is 6.33 Å². The van der Waals surface area contributed by atoms with Gasteiger partial charge in [-0.25, -0.2) is 5.10 Å². The highest BCUT2D eigenvalue weighted by Crippen LogP contribution is 2.11. The number of hydrogen-bond acceptors (Lipinski definition) is 4. The molecule has 0 saturated heterocycles. The lowest BCUT2D eigenvalue weighted by atomic mass is 10.2. The Morgan fingerprint density at radius 1 is 1.60 bits per heavy atom. The largest absolute Gasteiger partial charge is 0.295 e. The first-order chi connectivity index (χ1) is 7.34. The van der Waals surface area contributed by atoms with Crippen LogP contribution in [0.25, 0.3) is 0 Å². The van der Waals surface area contributed by atoms with Crippen molar-refractivity contribution in [3.63, 3.8) is 0 Å². The van der Waals surface area contributed by atoms with Gasteiger partial charge in [-0.1, -0.05) is 6.07 Å². The molecule has 2 N–H and O–H groups in total. The minimum absolute atomic E-state index is 0.0554. The van der Waals surface area contributed by atoms with E-state index in [9.17, 15) is 4.79 Å². The summed E-state index contributed by atoms with van der Waals surface area (Å²) in [5.74, 6) is 0.339. The first-order valence-electron chi connectivity index (χ1n) is 4.52. The molecule has 0 aromatic carbocycles. The van der Waals surface area contributed by atoms with Crippen molar-refractivity contribution in [2.45, 2.75) is 12.8 Å². The van der Waals surface area contributed by atoms with Crippen molar-refractivity contribution in [3.05, 3.63) is 28.7 Å². The fraction of sp³-hybridized carbons (Fsp3) is 0.222. The topological polar surface area (TPSA) is 70.7 Å². The van der Waals surface area contributed by atoms with Gasteiger partial charge in [0.15, 0.2) is 0 Å². The molecule has 15 heavy (non-hydrogen) atoms. The molecule has 0 unspecified atom stereocenters. The zero-order valence-corrected chi connectivity index (χ0v) is 8.75. The average Bonchev–Trinajstić information content (AvgIpc) is 2.86. The summed E-state index contributed by atoms with van der Waals surface area (Å²) in [4.78, 5) is 16.4. The number of thiophene rings is 1. The first-order valence-corrected chi connectivity index (χ1v) is 5.40. The number of nitrogens with one attached hydrogen (secondary N) is 2. The number of carbonyl (C=O) groups is 1. The van der Waals surface area contributed by atoms with Crippen LogP contribution in [0.1, 0.15) is 11.3 Å².